The van der Waals surface area contributed by atoms with Gasteiger partial charge >= 0.3 is 74.0 Å². The Labute approximate surface area is 74.1 Å². The zero-order valence-corrected chi connectivity index (χ0v) is 8.61. The van der Waals surface area contributed by atoms with E-state index in [1.165, 1.54) is 4.35 Å². The van der Waals surface area contributed by atoms with E-state index >= 15 is 0 Å². The van der Waals surface area contributed by atoms with Gasteiger partial charge in [-0.3, -0.25) is 0 Å². The van der Waals surface area contributed by atoms with Crippen LogP contribution in [-0.4, -0.2) is 21.8 Å². The Morgan fingerprint density at radius 1 is 1.40 bits per heavy atom. The van der Waals surface area contributed by atoms with Gasteiger partial charge in [0.15, 0.2) is 0 Å². The number of hydrogen-bond acceptors (Lipinski definition) is 1. The molecular weight excluding hydrogens is 205 g/mol. The van der Waals surface area contributed by atoms with Crippen molar-refractivity contribution < 1.29 is 0 Å². The summed E-state index contributed by atoms with van der Waals surface area (Å²) in [5.41, 5.74) is 6.45. The van der Waals surface area contributed by atoms with E-state index in [4.69, 9.17) is 18.0 Å². The molecule has 0 bridgehead atoms. The summed E-state index contributed by atoms with van der Waals surface area (Å²) in [5, 5.41) is 0. The molecule has 0 fully saturated rings. The Bertz CT molecular complexity index is 260. The molecule has 1 nitrogen and oxygen atoms in total. The summed E-state index contributed by atoms with van der Waals surface area (Å²) in [6, 6.07) is 7.89. The molecule has 10 heavy (non-hydrogen) atoms. The third-order valence-corrected chi connectivity index (χ3v) is 2.50. The molecule has 0 aromatic heterocycles. The van der Waals surface area contributed by atoms with Crippen LogP contribution in [0.4, 0.5) is 0 Å². The Morgan fingerprint density at radius 3 is 2.40 bits per heavy atom. The number of hydrogen-bond donors (Lipinski definition) is 1. The van der Waals surface area contributed by atoms with Gasteiger partial charge < -0.3 is 0 Å². The molecule has 1 aromatic rings. The minimum absolute atomic E-state index is 0.486. The maximum absolute atomic E-state index is 5.46. The normalized spacial score (nSPS) is 9.30. The minimum atomic E-state index is 0.486. The standard InChI is InChI=1S/C7H8AsNS/c8-6-4-2-1-3-5(6)7(9)10/h1-4H,8H2,(H2,9,10). The molecule has 0 amide bonds. The Balaban J connectivity index is 3.15. The first kappa shape index (κ1) is 7.77. The van der Waals surface area contributed by atoms with Gasteiger partial charge in [0.2, 0.25) is 0 Å². The van der Waals surface area contributed by atoms with Crippen LogP contribution in [0.15, 0.2) is 24.3 Å². The van der Waals surface area contributed by atoms with Gasteiger partial charge in [0, 0.05) is 0 Å². The molecule has 0 saturated carbocycles. The monoisotopic (exact) mass is 213 g/mol. The predicted molar refractivity (Wildman–Crippen MR) is 50.5 cm³/mol. The third kappa shape index (κ3) is 1.58. The van der Waals surface area contributed by atoms with Crippen molar-refractivity contribution in [2.45, 2.75) is 0 Å². The van der Waals surface area contributed by atoms with Gasteiger partial charge in [-0.1, -0.05) is 0 Å². The van der Waals surface area contributed by atoms with Crippen LogP contribution in [0.25, 0.3) is 0 Å². The van der Waals surface area contributed by atoms with Crippen LogP contribution in [0.3, 0.4) is 0 Å². The molecule has 52 valence electrons. The molecule has 2 N–H and O–H groups in total. The van der Waals surface area contributed by atoms with E-state index in [0.29, 0.717) is 4.99 Å². The van der Waals surface area contributed by atoms with Crippen molar-refractivity contribution >= 4 is 38.4 Å². The molecular formula is C7H8AsNS. The van der Waals surface area contributed by atoms with Crippen molar-refractivity contribution in [3.05, 3.63) is 29.8 Å². The Hall–Kier alpha value is -0.332. The first-order valence-electron chi connectivity index (χ1n) is 2.86. The van der Waals surface area contributed by atoms with E-state index in [2.05, 4.69) is 0 Å². The van der Waals surface area contributed by atoms with Gasteiger partial charge in [-0.15, -0.1) is 0 Å². The van der Waals surface area contributed by atoms with Crippen LogP contribution in [0, 0.1) is 0 Å². The quantitative estimate of drug-likeness (QED) is 0.506. The molecule has 1 unspecified atom stereocenters. The molecule has 1 rings (SSSR count). The SMILES string of the molecule is NC(=S)c1ccccc1[AsH2]. The van der Waals surface area contributed by atoms with Crippen LogP contribution in [-0.2, 0) is 0 Å². The second-order valence-corrected chi connectivity index (χ2v) is 3.70. The molecule has 0 radical (unpaired) electrons. The summed E-state index contributed by atoms with van der Waals surface area (Å²) >= 11 is 6.39. The second kappa shape index (κ2) is 3.18. The molecule has 0 saturated heterocycles. The van der Waals surface area contributed by atoms with E-state index in [1.54, 1.807) is 16.9 Å². The summed E-state index contributed by atoms with van der Waals surface area (Å²) in [7, 11) is 0. The van der Waals surface area contributed by atoms with E-state index in [9.17, 15) is 0 Å². The predicted octanol–water partition coefficient (Wildman–Crippen LogP) is -0.421. The molecule has 1 atom stereocenters. The zero-order chi connectivity index (χ0) is 7.56. The van der Waals surface area contributed by atoms with E-state index in [1.807, 2.05) is 24.3 Å². The number of nitrogens with two attached hydrogens (primary N) is 1. The van der Waals surface area contributed by atoms with Crippen LogP contribution < -0.4 is 10.1 Å². The van der Waals surface area contributed by atoms with Crippen LogP contribution >= 0.6 is 12.2 Å². The van der Waals surface area contributed by atoms with E-state index in [-0.39, 0.29) is 0 Å². The average molecular weight is 213 g/mol. The van der Waals surface area contributed by atoms with Gasteiger partial charge in [0.25, 0.3) is 0 Å². The average Bonchev–Trinajstić information content (AvgIpc) is 1.88. The molecule has 0 spiro atoms. The van der Waals surface area contributed by atoms with Crippen molar-refractivity contribution in [3.63, 3.8) is 0 Å². The fraction of sp³-hybridized carbons (Fsp3) is 0. The fourth-order valence-corrected chi connectivity index (χ4v) is 1.89. The molecule has 0 aliphatic carbocycles. The van der Waals surface area contributed by atoms with Crippen LogP contribution in [0.1, 0.15) is 5.56 Å². The maximum atomic E-state index is 5.46. The van der Waals surface area contributed by atoms with Crippen molar-refractivity contribution in [2.24, 2.45) is 5.73 Å². The van der Waals surface area contributed by atoms with Crippen molar-refractivity contribution in [1.29, 1.82) is 0 Å². The first-order chi connectivity index (χ1) is 4.72. The summed E-state index contributed by atoms with van der Waals surface area (Å²) in [6.45, 7) is 0. The number of thiocarbonyl (C=S) groups is 1. The molecule has 3 heteroatoms. The zero-order valence-electron chi connectivity index (χ0n) is 5.37. The van der Waals surface area contributed by atoms with Crippen molar-refractivity contribution in [1.82, 2.24) is 0 Å². The van der Waals surface area contributed by atoms with E-state index in [0.717, 1.165) is 5.56 Å². The first-order valence-corrected chi connectivity index (χ1v) is 4.48. The second-order valence-electron chi connectivity index (χ2n) is 1.95. The Kier molecular flexibility index (Phi) is 2.47. The van der Waals surface area contributed by atoms with Crippen LogP contribution in [0.5, 0.6) is 0 Å². The van der Waals surface area contributed by atoms with Gasteiger partial charge in [-0.2, -0.15) is 0 Å². The summed E-state index contributed by atoms with van der Waals surface area (Å²) in [6.07, 6.45) is 0. The third-order valence-electron chi connectivity index (χ3n) is 1.23. The topological polar surface area (TPSA) is 26.0 Å². The van der Waals surface area contributed by atoms with Gasteiger partial charge in [-0.25, -0.2) is 0 Å². The number of benzene rings is 1. The fourth-order valence-electron chi connectivity index (χ4n) is 0.721. The number of rotatable bonds is 1. The van der Waals surface area contributed by atoms with Gasteiger partial charge in [0.1, 0.15) is 0 Å². The van der Waals surface area contributed by atoms with Gasteiger partial charge in [-0.05, 0) is 0 Å². The van der Waals surface area contributed by atoms with Crippen molar-refractivity contribution in [3.8, 4) is 0 Å². The molecule has 0 aliphatic rings. The van der Waals surface area contributed by atoms with Crippen LogP contribution in [0.2, 0.25) is 0 Å². The molecule has 0 heterocycles. The van der Waals surface area contributed by atoms with Gasteiger partial charge in [0.05, 0.1) is 0 Å². The molecule has 0 aliphatic heterocycles. The summed E-state index contributed by atoms with van der Waals surface area (Å²) in [5.74, 6) is 0. The Morgan fingerprint density at radius 2 is 2.00 bits per heavy atom. The van der Waals surface area contributed by atoms with E-state index < -0.39 is 0 Å². The summed E-state index contributed by atoms with van der Waals surface area (Å²) < 4.78 is 1.20. The molecule has 1 aromatic carbocycles. The van der Waals surface area contributed by atoms with Crippen molar-refractivity contribution in [2.75, 3.05) is 0 Å². The summed E-state index contributed by atoms with van der Waals surface area (Å²) in [4.78, 5) is 0.486.